The van der Waals surface area contributed by atoms with Crippen molar-refractivity contribution < 1.29 is 4.39 Å². The second-order valence-electron chi connectivity index (χ2n) is 4.94. The fourth-order valence-electron chi connectivity index (χ4n) is 2.45. The van der Waals surface area contributed by atoms with Crippen LogP contribution in [0.15, 0.2) is 60.7 Å². The van der Waals surface area contributed by atoms with Crippen LogP contribution in [0.5, 0.6) is 0 Å². The van der Waals surface area contributed by atoms with Gasteiger partial charge in [-0.05, 0) is 18.2 Å². The van der Waals surface area contributed by atoms with E-state index in [0.29, 0.717) is 12.0 Å². The fourth-order valence-corrected chi connectivity index (χ4v) is 2.45. The van der Waals surface area contributed by atoms with Crippen molar-refractivity contribution in [3.8, 4) is 0 Å². The van der Waals surface area contributed by atoms with E-state index in [1.165, 1.54) is 6.07 Å². The summed E-state index contributed by atoms with van der Waals surface area (Å²) in [4.78, 5) is 4.60. The van der Waals surface area contributed by atoms with E-state index >= 15 is 0 Å². The van der Waals surface area contributed by atoms with Crippen LogP contribution in [0, 0.1) is 5.82 Å². The van der Waals surface area contributed by atoms with Gasteiger partial charge in [0.1, 0.15) is 5.82 Å². The number of benzene rings is 2. The average Bonchev–Trinajstić information content (AvgIpc) is 2.53. The summed E-state index contributed by atoms with van der Waals surface area (Å²) < 4.78 is 13.9. The molecule has 3 aromatic rings. The van der Waals surface area contributed by atoms with Crippen LogP contribution in [0.1, 0.15) is 17.3 Å². The quantitative estimate of drug-likeness (QED) is 0.570. The summed E-state index contributed by atoms with van der Waals surface area (Å²) in [5, 5.41) is 1.09. The molecule has 0 radical (unpaired) electrons. The van der Waals surface area contributed by atoms with E-state index in [2.05, 4.69) is 10.4 Å². The third-order valence-electron chi connectivity index (χ3n) is 3.55. The van der Waals surface area contributed by atoms with Gasteiger partial charge in [0.2, 0.25) is 0 Å². The number of pyridine rings is 1. The zero-order valence-electron chi connectivity index (χ0n) is 11.5. The Morgan fingerprint density at radius 1 is 1.00 bits per heavy atom. The van der Waals surface area contributed by atoms with Gasteiger partial charge in [-0.25, -0.2) is 4.39 Å². The molecule has 0 aliphatic rings. The van der Waals surface area contributed by atoms with Crippen molar-refractivity contribution in [1.29, 1.82) is 0 Å². The van der Waals surface area contributed by atoms with Gasteiger partial charge >= 0.3 is 0 Å². The number of nitrogens with zero attached hydrogens (tertiary/aromatic N) is 1. The van der Waals surface area contributed by atoms with Crippen LogP contribution >= 0.6 is 0 Å². The predicted molar refractivity (Wildman–Crippen MR) is 81.9 cm³/mol. The van der Waals surface area contributed by atoms with Crippen LogP contribution < -0.4 is 11.3 Å². The molecule has 1 aromatic heterocycles. The SMILES string of the molecule is NNC(Cc1ccc2ccccc2n1)c1ccccc1F. The highest BCUT2D eigenvalue weighted by Gasteiger charge is 2.15. The Hall–Kier alpha value is -2.30. The molecule has 0 amide bonds. The number of rotatable bonds is 4. The second-order valence-corrected chi connectivity index (χ2v) is 4.94. The minimum atomic E-state index is -0.306. The number of nitrogens with two attached hydrogens (primary N) is 1. The summed E-state index contributed by atoms with van der Waals surface area (Å²) >= 11 is 0. The molecule has 1 atom stereocenters. The van der Waals surface area contributed by atoms with Gasteiger partial charge in [-0.1, -0.05) is 42.5 Å². The van der Waals surface area contributed by atoms with E-state index in [-0.39, 0.29) is 11.9 Å². The van der Waals surface area contributed by atoms with Crippen molar-refractivity contribution in [3.05, 3.63) is 77.7 Å². The lowest BCUT2D eigenvalue weighted by atomic mass is 10.0. The number of fused-ring (bicyclic) bond motifs is 1. The molecule has 1 unspecified atom stereocenters. The van der Waals surface area contributed by atoms with Gasteiger partial charge in [-0.3, -0.25) is 16.3 Å². The van der Waals surface area contributed by atoms with E-state index in [4.69, 9.17) is 5.84 Å². The van der Waals surface area contributed by atoms with Crippen LogP contribution in [0.25, 0.3) is 10.9 Å². The van der Waals surface area contributed by atoms with Gasteiger partial charge < -0.3 is 0 Å². The van der Waals surface area contributed by atoms with Crippen molar-refractivity contribution in [1.82, 2.24) is 10.4 Å². The highest BCUT2D eigenvalue weighted by atomic mass is 19.1. The number of para-hydroxylation sites is 1. The first kappa shape index (κ1) is 13.7. The van der Waals surface area contributed by atoms with E-state index in [1.54, 1.807) is 18.2 Å². The second kappa shape index (κ2) is 5.99. The molecular weight excluding hydrogens is 265 g/mol. The molecule has 1 heterocycles. The minimum absolute atomic E-state index is 0.263. The van der Waals surface area contributed by atoms with Gasteiger partial charge in [-0.15, -0.1) is 0 Å². The first-order chi connectivity index (χ1) is 10.3. The number of hydrogen-bond acceptors (Lipinski definition) is 3. The zero-order chi connectivity index (χ0) is 14.7. The Morgan fingerprint density at radius 3 is 2.57 bits per heavy atom. The lowest BCUT2D eigenvalue weighted by molar-refractivity contribution is 0.507. The molecule has 106 valence electrons. The molecule has 4 heteroatoms. The van der Waals surface area contributed by atoms with Crippen LogP contribution in [-0.4, -0.2) is 4.98 Å². The van der Waals surface area contributed by atoms with Gasteiger partial charge in [0, 0.05) is 23.1 Å². The predicted octanol–water partition coefficient (Wildman–Crippen LogP) is 3.12. The normalized spacial score (nSPS) is 12.5. The first-order valence-electron chi connectivity index (χ1n) is 6.83. The Balaban J connectivity index is 1.90. The van der Waals surface area contributed by atoms with Gasteiger partial charge in [0.15, 0.2) is 0 Å². The van der Waals surface area contributed by atoms with E-state index in [9.17, 15) is 4.39 Å². The molecule has 21 heavy (non-hydrogen) atoms. The van der Waals surface area contributed by atoms with E-state index in [0.717, 1.165) is 16.6 Å². The maximum Gasteiger partial charge on any atom is 0.128 e. The molecule has 0 fully saturated rings. The lowest BCUT2D eigenvalue weighted by Gasteiger charge is -2.16. The first-order valence-corrected chi connectivity index (χ1v) is 6.83. The van der Waals surface area contributed by atoms with E-state index < -0.39 is 0 Å². The molecule has 0 saturated heterocycles. The highest BCUT2D eigenvalue weighted by molar-refractivity contribution is 5.78. The number of nitrogens with one attached hydrogen (secondary N) is 1. The number of aromatic nitrogens is 1. The average molecular weight is 281 g/mol. The molecular formula is C17H16FN3. The van der Waals surface area contributed by atoms with E-state index in [1.807, 2.05) is 36.4 Å². The number of hydrogen-bond donors (Lipinski definition) is 2. The van der Waals surface area contributed by atoms with Crippen LogP contribution in [0.4, 0.5) is 4.39 Å². The summed E-state index contributed by atoms with van der Waals surface area (Å²) in [6.45, 7) is 0. The lowest BCUT2D eigenvalue weighted by Crippen LogP contribution is -2.30. The zero-order valence-corrected chi connectivity index (χ0v) is 11.5. The maximum atomic E-state index is 13.9. The molecule has 0 aliphatic carbocycles. The Bertz CT molecular complexity index is 758. The molecule has 0 saturated carbocycles. The molecule has 0 spiro atoms. The smallest absolute Gasteiger partial charge is 0.128 e. The van der Waals surface area contributed by atoms with Gasteiger partial charge in [0.05, 0.1) is 11.6 Å². The maximum absolute atomic E-state index is 13.9. The van der Waals surface area contributed by atoms with Crippen LogP contribution in [-0.2, 0) is 6.42 Å². The minimum Gasteiger partial charge on any atom is -0.271 e. The molecule has 3 rings (SSSR count). The Labute approximate surface area is 122 Å². The summed E-state index contributed by atoms with van der Waals surface area (Å²) in [5.74, 6) is 5.33. The number of halogens is 1. The third-order valence-corrected chi connectivity index (χ3v) is 3.55. The topological polar surface area (TPSA) is 50.9 Å². The highest BCUT2D eigenvalue weighted by Crippen LogP contribution is 2.21. The van der Waals surface area contributed by atoms with Crippen molar-refractivity contribution in [3.63, 3.8) is 0 Å². The van der Waals surface area contributed by atoms with Crippen LogP contribution in [0.3, 0.4) is 0 Å². The van der Waals surface area contributed by atoms with Gasteiger partial charge in [-0.2, -0.15) is 0 Å². The summed E-state index contributed by atoms with van der Waals surface area (Å²) in [6.07, 6.45) is 0.530. The largest absolute Gasteiger partial charge is 0.271 e. The molecule has 3 N–H and O–H groups in total. The Morgan fingerprint density at radius 2 is 1.76 bits per heavy atom. The third kappa shape index (κ3) is 2.91. The molecule has 3 nitrogen and oxygen atoms in total. The summed E-state index contributed by atoms with van der Waals surface area (Å²) in [7, 11) is 0. The molecule has 0 aliphatic heterocycles. The molecule has 2 aromatic carbocycles. The monoisotopic (exact) mass is 281 g/mol. The van der Waals surface area contributed by atoms with Gasteiger partial charge in [0.25, 0.3) is 0 Å². The van der Waals surface area contributed by atoms with Crippen molar-refractivity contribution in [2.45, 2.75) is 12.5 Å². The number of hydrazine groups is 1. The fraction of sp³-hybridized carbons (Fsp3) is 0.118. The summed E-state index contributed by atoms with van der Waals surface area (Å²) in [6, 6.07) is 18.2. The van der Waals surface area contributed by atoms with Crippen LogP contribution in [0.2, 0.25) is 0 Å². The van der Waals surface area contributed by atoms with Crippen molar-refractivity contribution in [2.24, 2.45) is 5.84 Å². The Kier molecular flexibility index (Phi) is 3.90. The summed E-state index contributed by atoms with van der Waals surface area (Å²) in [5.41, 5.74) is 5.03. The standard InChI is InChI=1S/C17H16FN3/c18-15-7-3-2-6-14(15)17(21-19)11-13-10-9-12-5-1-4-8-16(12)20-13/h1-10,17,21H,11,19H2. The molecule has 0 bridgehead atoms. The van der Waals surface area contributed by atoms with Crippen molar-refractivity contribution in [2.75, 3.05) is 0 Å². The van der Waals surface area contributed by atoms with Crippen molar-refractivity contribution >= 4 is 10.9 Å².